The minimum absolute atomic E-state index is 0.149. The number of alkyl halides is 3. The minimum atomic E-state index is -4.20. The van der Waals surface area contributed by atoms with E-state index in [0.29, 0.717) is 25.7 Å². The van der Waals surface area contributed by atoms with Gasteiger partial charge >= 0.3 is 6.18 Å². The molecule has 0 radical (unpaired) electrons. The van der Waals surface area contributed by atoms with Gasteiger partial charge in [-0.2, -0.15) is 13.2 Å². The molecule has 1 heterocycles. The summed E-state index contributed by atoms with van der Waals surface area (Å²) in [4.78, 5) is 5.33. The van der Waals surface area contributed by atoms with Crippen molar-refractivity contribution >= 4 is 5.96 Å². The number of nitrogens with one attached hydrogen (secondary N) is 2. The summed E-state index contributed by atoms with van der Waals surface area (Å²) >= 11 is 0. The van der Waals surface area contributed by atoms with Gasteiger partial charge in [-0.25, -0.2) is 0 Å². The molecule has 1 atom stereocenters. The topological polar surface area (TPSA) is 58.1 Å². The quantitative estimate of drug-likeness (QED) is 0.517. The molecule has 158 valence electrons. The third kappa shape index (κ3) is 6.78. The Bertz CT molecular complexity index is 680. The Labute approximate surface area is 164 Å². The van der Waals surface area contributed by atoms with Gasteiger partial charge in [-0.1, -0.05) is 0 Å². The maximum Gasteiger partial charge on any atom is 0.401 e. The predicted molar refractivity (Wildman–Crippen MR) is 103 cm³/mol. The van der Waals surface area contributed by atoms with Crippen LogP contribution in [-0.2, 0) is 13.0 Å². The molecule has 0 saturated heterocycles. The number of likely N-dealkylation sites (N-methyl/N-ethyl adjacent to an activating group) is 1. The molecular formula is C19H29F3N4O2. The summed E-state index contributed by atoms with van der Waals surface area (Å²) in [6.07, 6.45) is -3.19. The van der Waals surface area contributed by atoms with Crippen LogP contribution in [0.1, 0.15) is 25.0 Å². The van der Waals surface area contributed by atoms with Crippen molar-refractivity contribution in [3.8, 4) is 11.5 Å². The number of guanidine groups is 1. The average Bonchev–Trinajstić information content (AvgIpc) is 2.95. The Balaban J connectivity index is 1.90. The molecule has 1 aliphatic rings. The Morgan fingerprint density at radius 3 is 2.75 bits per heavy atom. The lowest BCUT2D eigenvalue weighted by Crippen LogP contribution is -2.42. The smallest absolute Gasteiger partial charge is 0.401 e. The van der Waals surface area contributed by atoms with Crippen LogP contribution in [0.3, 0.4) is 0 Å². The highest BCUT2D eigenvalue weighted by atomic mass is 19.4. The van der Waals surface area contributed by atoms with Crippen LogP contribution in [0.2, 0.25) is 0 Å². The van der Waals surface area contributed by atoms with Crippen LogP contribution >= 0.6 is 0 Å². The van der Waals surface area contributed by atoms with Gasteiger partial charge in [0.25, 0.3) is 0 Å². The predicted octanol–water partition coefficient (Wildman–Crippen LogP) is 2.57. The summed E-state index contributed by atoms with van der Waals surface area (Å²) in [6.45, 7) is 4.62. The molecular weight excluding hydrogens is 373 g/mol. The fourth-order valence-electron chi connectivity index (χ4n) is 3.06. The van der Waals surface area contributed by atoms with Gasteiger partial charge in [-0.15, -0.1) is 0 Å². The van der Waals surface area contributed by atoms with Crippen molar-refractivity contribution in [3.05, 3.63) is 23.3 Å². The van der Waals surface area contributed by atoms with E-state index in [2.05, 4.69) is 15.6 Å². The molecule has 28 heavy (non-hydrogen) atoms. The lowest BCUT2D eigenvalue weighted by Gasteiger charge is -2.20. The number of aliphatic imine (C=N–C) groups is 1. The molecule has 1 aromatic carbocycles. The highest BCUT2D eigenvalue weighted by Gasteiger charge is 2.28. The van der Waals surface area contributed by atoms with Crippen LogP contribution in [-0.4, -0.2) is 63.5 Å². The van der Waals surface area contributed by atoms with E-state index in [-0.39, 0.29) is 12.6 Å². The number of hydrogen-bond donors (Lipinski definition) is 2. The second kappa shape index (κ2) is 9.86. The SMILES string of the molecule is CCOc1cc2c(cc1CNC(=NC)NCCN(C)CC(F)(F)F)OC(C)C2. The Kier molecular flexibility index (Phi) is 7.79. The first-order valence-corrected chi connectivity index (χ1v) is 9.37. The number of ether oxygens (including phenoxy) is 2. The first-order chi connectivity index (χ1) is 13.2. The molecule has 0 spiro atoms. The van der Waals surface area contributed by atoms with E-state index >= 15 is 0 Å². The van der Waals surface area contributed by atoms with E-state index in [0.717, 1.165) is 29.0 Å². The van der Waals surface area contributed by atoms with Gasteiger partial charge in [0, 0.05) is 44.2 Å². The number of nitrogens with zero attached hydrogens (tertiary/aromatic N) is 2. The molecule has 9 heteroatoms. The van der Waals surface area contributed by atoms with Crippen LogP contribution in [0.15, 0.2) is 17.1 Å². The van der Waals surface area contributed by atoms with E-state index in [1.165, 1.54) is 11.9 Å². The van der Waals surface area contributed by atoms with Crippen molar-refractivity contribution in [2.75, 3.05) is 40.3 Å². The van der Waals surface area contributed by atoms with Crippen molar-refractivity contribution < 1.29 is 22.6 Å². The zero-order valence-corrected chi connectivity index (χ0v) is 16.8. The Morgan fingerprint density at radius 1 is 1.36 bits per heavy atom. The van der Waals surface area contributed by atoms with Crippen LogP contribution in [0.4, 0.5) is 13.2 Å². The molecule has 2 rings (SSSR count). The molecule has 6 nitrogen and oxygen atoms in total. The molecule has 1 aromatic rings. The first-order valence-electron chi connectivity index (χ1n) is 9.37. The lowest BCUT2D eigenvalue weighted by molar-refractivity contribution is -0.142. The first kappa shape index (κ1) is 22.1. The number of hydrogen-bond acceptors (Lipinski definition) is 4. The van der Waals surface area contributed by atoms with E-state index in [4.69, 9.17) is 9.47 Å². The number of fused-ring (bicyclic) bond motifs is 1. The number of rotatable bonds is 8. The molecule has 0 bridgehead atoms. The maximum absolute atomic E-state index is 12.4. The van der Waals surface area contributed by atoms with E-state index in [1.54, 1.807) is 7.05 Å². The number of halogens is 3. The number of benzene rings is 1. The summed E-state index contributed by atoms with van der Waals surface area (Å²) in [5.74, 6) is 2.17. The highest BCUT2D eigenvalue weighted by Crippen LogP contribution is 2.35. The fraction of sp³-hybridized carbons (Fsp3) is 0.632. The molecule has 0 aliphatic carbocycles. The van der Waals surface area contributed by atoms with Crippen molar-refractivity contribution in [2.45, 2.75) is 39.1 Å². The van der Waals surface area contributed by atoms with Crippen molar-refractivity contribution in [3.63, 3.8) is 0 Å². The molecule has 1 unspecified atom stereocenters. The summed E-state index contributed by atoms with van der Waals surface area (Å²) in [7, 11) is 3.05. The second-order valence-corrected chi connectivity index (χ2v) is 6.84. The highest BCUT2D eigenvalue weighted by molar-refractivity contribution is 5.79. The fourth-order valence-corrected chi connectivity index (χ4v) is 3.06. The van der Waals surface area contributed by atoms with Crippen molar-refractivity contribution in [1.29, 1.82) is 0 Å². The average molecular weight is 402 g/mol. The van der Waals surface area contributed by atoms with E-state index < -0.39 is 12.7 Å². The monoisotopic (exact) mass is 402 g/mol. The standard InChI is InChI=1S/C19H29F3N4O2/c1-5-27-16-9-14-8-13(2)28-17(14)10-15(16)11-25-18(23-3)24-6-7-26(4)12-19(20,21)22/h9-10,13H,5-8,11-12H2,1-4H3,(H2,23,24,25). The molecule has 0 saturated carbocycles. The summed E-state index contributed by atoms with van der Waals surface area (Å²) in [5.41, 5.74) is 2.07. The van der Waals surface area contributed by atoms with Gasteiger partial charge in [-0.05, 0) is 33.0 Å². The lowest BCUT2D eigenvalue weighted by atomic mass is 10.1. The van der Waals surface area contributed by atoms with E-state index in [9.17, 15) is 13.2 Å². The largest absolute Gasteiger partial charge is 0.494 e. The van der Waals surface area contributed by atoms with Gasteiger partial charge in [0.15, 0.2) is 5.96 Å². The molecule has 2 N–H and O–H groups in total. The van der Waals surface area contributed by atoms with Gasteiger partial charge in [0.05, 0.1) is 13.2 Å². The van der Waals surface area contributed by atoms with Gasteiger partial charge in [0.2, 0.25) is 0 Å². The molecule has 0 fully saturated rings. The van der Waals surface area contributed by atoms with Crippen LogP contribution in [0, 0.1) is 0 Å². The second-order valence-electron chi connectivity index (χ2n) is 6.84. The van der Waals surface area contributed by atoms with Gasteiger partial charge in [0.1, 0.15) is 17.6 Å². The third-order valence-corrected chi connectivity index (χ3v) is 4.28. The summed E-state index contributed by atoms with van der Waals surface area (Å²) in [5, 5.41) is 6.20. The summed E-state index contributed by atoms with van der Waals surface area (Å²) in [6, 6.07) is 3.99. The third-order valence-electron chi connectivity index (χ3n) is 4.28. The maximum atomic E-state index is 12.4. The minimum Gasteiger partial charge on any atom is -0.494 e. The van der Waals surface area contributed by atoms with E-state index in [1.807, 2.05) is 26.0 Å². The summed E-state index contributed by atoms with van der Waals surface area (Å²) < 4.78 is 48.7. The van der Waals surface area contributed by atoms with Gasteiger partial charge in [-0.3, -0.25) is 9.89 Å². The molecule has 0 aromatic heterocycles. The van der Waals surface area contributed by atoms with Crippen LogP contribution < -0.4 is 20.1 Å². The molecule has 1 aliphatic heterocycles. The zero-order chi connectivity index (χ0) is 20.7. The molecule has 0 amide bonds. The Morgan fingerprint density at radius 2 is 2.11 bits per heavy atom. The zero-order valence-electron chi connectivity index (χ0n) is 16.8. The van der Waals surface area contributed by atoms with Crippen molar-refractivity contribution in [1.82, 2.24) is 15.5 Å². The Hall–Kier alpha value is -2.16. The van der Waals surface area contributed by atoms with Crippen LogP contribution in [0.5, 0.6) is 11.5 Å². The van der Waals surface area contributed by atoms with Gasteiger partial charge < -0.3 is 20.1 Å². The normalized spacial score (nSPS) is 16.7. The van der Waals surface area contributed by atoms with Crippen molar-refractivity contribution in [2.24, 2.45) is 4.99 Å². The van der Waals surface area contributed by atoms with Crippen LogP contribution in [0.25, 0.3) is 0 Å².